The minimum atomic E-state index is -0.367. The highest BCUT2D eigenvalue weighted by molar-refractivity contribution is 9.10. The van der Waals surface area contributed by atoms with E-state index in [-0.39, 0.29) is 23.0 Å². The Morgan fingerprint density at radius 3 is 2.30 bits per heavy atom. The molecule has 0 aliphatic heterocycles. The third kappa shape index (κ3) is 5.17. The van der Waals surface area contributed by atoms with Crippen LogP contribution in [0.2, 0.25) is 0 Å². The van der Waals surface area contributed by atoms with Crippen molar-refractivity contribution < 1.29 is 9.59 Å². The summed E-state index contributed by atoms with van der Waals surface area (Å²) in [6, 6.07) is 10.3. The van der Waals surface area contributed by atoms with Crippen LogP contribution in [-0.4, -0.2) is 22.3 Å². The van der Waals surface area contributed by atoms with Gasteiger partial charge in [-0.15, -0.1) is 0 Å². The van der Waals surface area contributed by atoms with Crippen LogP contribution in [0, 0.1) is 0 Å². The number of anilines is 1. The lowest BCUT2D eigenvalue weighted by Gasteiger charge is -2.20. The lowest BCUT2D eigenvalue weighted by molar-refractivity contribution is 0.0914. The van der Waals surface area contributed by atoms with E-state index in [4.69, 9.17) is 0 Å². The number of nitrogens with one attached hydrogen (secondary N) is 2. The Labute approximate surface area is 143 Å². The average Bonchev–Trinajstić information content (AvgIpc) is 2.48. The van der Waals surface area contributed by atoms with Crippen LogP contribution in [0.4, 0.5) is 5.69 Å². The zero-order chi connectivity index (χ0) is 17.0. The van der Waals surface area contributed by atoms with Crippen LogP contribution in [0.15, 0.2) is 47.1 Å². The summed E-state index contributed by atoms with van der Waals surface area (Å²) in [6.45, 7) is 5.65. The first kappa shape index (κ1) is 17.1. The number of carbonyl (C=O) groups excluding carboxylic acids is 2. The number of aromatic nitrogens is 1. The number of rotatable bonds is 3. The van der Waals surface area contributed by atoms with Crippen LogP contribution in [0.1, 0.15) is 41.6 Å². The highest BCUT2D eigenvalue weighted by atomic mass is 79.9. The Hall–Kier alpha value is -2.21. The summed E-state index contributed by atoms with van der Waals surface area (Å²) < 4.78 is 0.931. The molecule has 0 fully saturated rings. The first-order valence-electron chi connectivity index (χ1n) is 7.10. The number of hydrogen-bond donors (Lipinski definition) is 2. The number of amides is 2. The van der Waals surface area contributed by atoms with Crippen LogP contribution in [-0.2, 0) is 0 Å². The van der Waals surface area contributed by atoms with Crippen molar-refractivity contribution >= 4 is 33.4 Å². The zero-order valence-electron chi connectivity index (χ0n) is 13.2. The van der Waals surface area contributed by atoms with Crippen LogP contribution in [0.25, 0.3) is 0 Å². The van der Waals surface area contributed by atoms with Crippen LogP contribution >= 0.6 is 15.9 Å². The second-order valence-electron chi connectivity index (χ2n) is 6.09. The van der Waals surface area contributed by atoms with E-state index < -0.39 is 0 Å². The third-order valence-electron chi connectivity index (χ3n) is 2.85. The van der Waals surface area contributed by atoms with Gasteiger partial charge in [-0.1, -0.05) is 15.9 Å². The Balaban J connectivity index is 2.14. The van der Waals surface area contributed by atoms with Crippen molar-refractivity contribution in [3.8, 4) is 0 Å². The lowest BCUT2D eigenvalue weighted by atomic mass is 10.1. The molecule has 5 nitrogen and oxygen atoms in total. The third-order valence-corrected chi connectivity index (χ3v) is 3.37. The van der Waals surface area contributed by atoms with E-state index in [0.29, 0.717) is 11.3 Å². The molecule has 0 unspecified atom stereocenters. The summed E-state index contributed by atoms with van der Waals surface area (Å²) >= 11 is 3.34. The second kappa shape index (κ2) is 6.91. The van der Waals surface area contributed by atoms with Gasteiger partial charge in [-0.05, 0) is 57.2 Å². The quantitative estimate of drug-likeness (QED) is 0.860. The van der Waals surface area contributed by atoms with Crippen LogP contribution in [0.5, 0.6) is 0 Å². The molecule has 2 amide bonds. The van der Waals surface area contributed by atoms with Crippen LogP contribution in [0.3, 0.4) is 0 Å². The molecule has 23 heavy (non-hydrogen) atoms. The first-order valence-corrected chi connectivity index (χ1v) is 7.89. The van der Waals surface area contributed by atoms with Gasteiger partial charge >= 0.3 is 0 Å². The summed E-state index contributed by atoms with van der Waals surface area (Å²) in [5.41, 5.74) is 0.898. The van der Waals surface area contributed by atoms with Gasteiger partial charge in [-0.25, -0.2) is 0 Å². The van der Waals surface area contributed by atoms with Crippen LogP contribution < -0.4 is 10.6 Å². The summed E-state index contributed by atoms with van der Waals surface area (Å²) in [4.78, 5) is 28.4. The van der Waals surface area contributed by atoms with E-state index in [1.807, 2.05) is 32.9 Å². The zero-order valence-corrected chi connectivity index (χ0v) is 14.8. The van der Waals surface area contributed by atoms with E-state index in [1.54, 1.807) is 18.2 Å². The molecular formula is C17H18BrN3O2. The summed E-state index contributed by atoms with van der Waals surface area (Å²) in [6.07, 6.45) is 1.45. The number of benzene rings is 1. The van der Waals surface area contributed by atoms with Gasteiger partial charge in [-0.3, -0.25) is 14.6 Å². The number of halogens is 1. The number of pyridine rings is 1. The van der Waals surface area contributed by atoms with Crippen molar-refractivity contribution in [1.29, 1.82) is 0 Å². The maximum Gasteiger partial charge on any atom is 0.270 e. The van der Waals surface area contributed by atoms with E-state index >= 15 is 0 Å². The maximum atomic E-state index is 12.3. The van der Waals surface area contributed by atoms with Gasteiger partial charge in [0.25, 0.3) is 11.8 Å². The smallest absolute Gasteiger partial charge is 0.270 e. The molecule has 2 N–H and O–H groups in total. The minimum Gasteiger partial charge on any atom is -0.346 e. The molecule has 0 bridgehead atoms. The fraction of sp³-hybridized carbons (Fsp3) is 0.235. The maximum absolute atomic E-state index is 12.3. The Morgan fingerprint density at radius 2 is 1.70 bits per heavy atom. The Kier molecular flexibility index (Phi) is 5.15. The Bertz CT molecular complexity index is 721. The van der Waals surface area contributed by atoms with Crippen molar-refractivity contribution in [3.63, 3.8) is 0 Å². The van der Waals surface area contributed by atoms with Crippen molar-refractivity contribution in [1.82, 2.24) is 10.3 Å². The van der Waals surface area contributed by atoms with Crippen molar-refractivity contribution in [3.05, 3.63) is 58.3 Å². The van der Waals surface area contributed by atoms with E-state index in [0.717, 1.165) is 4.47 Å². The molecule has 2 aromatic rings. The molecule has 0 spiro atoms. The molecular weight excluding hydrogens is 358 g/mol. The molecule has 2 rings (SSSR count). The van der Waals surface area contributed by atoms with Gasteiger partial charge < -0.3 is 10.6 Å². The Morgan fingerprint density at radius 1 is 1.04 bits per heavy atom. The molecule has 0 atom stereocenters. The molecule has 1 aromatic carbocycles. The van der Waals surface area contributed by atoms with E-state index in [2.05, 4.69) is 31.5 Å². The summed E-state index contributed by atoms with van der Waals surface area (Å²) in [5, 5.41) is 5.60. The highest BCUT2D eigenvalue weighted by Gasteiger charge is 2.17. The number of carbonyl (C=O) groups is 2. The van der Waals surface area contributed by atoms with E-state index in [9.17, 15) is 9.59 Å². The second-order valence-corrected chi connectivity index (χ2v) is 7.01. The average molecular weight is 376 g/mol. The fourth-order valence-electron chi connectivity index (χ4n) is 1.84. The topological polar surface area (TPSA) is 71.1 Å². The minimum absolute atomic E-state index is 0.211. The number of nitrogens with zero attached hydrogens (tertiary/aromatic N) is 1. The van der Waals surface area contributed by atoms with Gasteiger partial charge in [-0.2, -0.15) is 0 Å². The predicted octanol–water partition coefficient (Wildman–Crippen LogP) is 3.62. The molecule has 1 heterocycles. The summed E-state index contributed by atoms with van der Waals surface area (Å²) in [7, 11) is 0. The predicted molar refractivity (Wildman–Crippen MR) is 93.6 cm³/mol. The van der Waals surface area contributed by atoms with Crippen molar-refractivity contribution in [2.45, 2.75) is 26.3 Å². The van der Waals surface area contributed by atoms with Gasteiger partial charge in [0.2, 0.25) is 0 Å². The molecule has 0 aliphatic rings. The standard InChI is InChI=1S/C17H18BrN3O2/c1-17(2,3)21-16(23)14-10-11(8-9-19-14)15(22)20-13-6-4-12(18)5-7-13/h4-10H,1-3H3,(H,20,22)(H,21,23). The van der Waals surface area contributed by atoms with Crippen molar-refractivity contribution in [2.75, 3.05) is 5.32 Å². The first-order chi connectivity index (χ1) is 10.7. The highest BCUT2D eigenvalue weighted by Crippen LogP contribution is 2.15. The van der Waals surface area contributed by atoms with E-state index in [1.165, 1.54) is 12.3 Å². The summed E-state index contributed by atoms with van der Waals surface area (Å²) in [5.74, 6) is -0.602. The fourth-order valence-corrected chi connectivity index (χ4v) is 2.10. The SMILES string of the molecule is CC(C)(C)NC(=O)c1cc(C(=O)Nc2ccc(Br)cc2)ccn1. The largest absolute Gasteiger partial charge is 0.346 e. The van der Waals surface area contributed by atoms with Gasteiger partial charge in [0.05, 0.1) is 0 Å². The van der Waals surface area contributed by atoms with Gasteiger partial charge in [0.15, 0.2) is 0 Å². The van der Waals surface area contributed by atoms with Gasteiger partial charge in [0, 0.05) is 27.5 Å². The molecule has 0 saturated heterocycles. The van der Waals surface area contributed by atoms with Gasteiger partial charge in [0.1, 0.15) is 5.69 Å². The molecule has 0 aliphatic carbocycles. The molecule has 120 valence electrons. The molecule has 0 radical (unpaired) electrons. The van der Waals surface area contributed by atoms with Crippen molar-refractivity contribution in [2.24, 2.45) is 0 Å². The normalized spacial score (nSPS) is 11.0. The molecule has 6 heteroatoms. The lowest BCUT2D eigenvalue weighted by Crippen LogP contribution is -2.41. The number of hydrogen-bond acceptors (Lipinski definition) is 3. The molecule has 0 saturated carbocycles. The monoisotopic (exact) mass is 375 g/mol. The molecule has 1 aromatic heterocycles.